The van der Waals surface area contributed by atoms with E-state index < -0.39 is 11.9 Å². The van der Waals surface area contributed by atoms with Crippen LogP contribution in [0.3, 0.4) is 0 Å². The molecule has 1 aromatic heterocycles. The number of hydrogen-bond donors (Lipinski definition) is 2. The molecule has 3 aromatic rings. The molecule has 0 saturated carbocycles. The van der Waals surface area contributed by atoms with Crippen molar-refractivity contribution in [3.8, 4) is 5.75 Å². The Morgan fingerprint density at radius 3 is 2.69 bits per heavy atom. The average molecular weight is 362 g/mol. The summed E-state index contributed by atoms with van der Waals surface area (Å²) in [7, 11) is 1.58. The molecule has 0 bridgehead atoms. The molecule has 0 aliphatic rings. The van der Waals surface area contributed by atoms with Crippen molar-refractivity contribution in [1.82, 2.24) is 4.98 Å². The van der Waals surface area contributed by atoms with Crippen LogP contribution in [-0.2, 0) is 17.4 Å². The van der Waals surface area contributed by atoms with Crippen LogP contribution in [-0.4, -0.2) is 18.0 Å². The number of nitrogens with one attached hydrogen (secondary N) is 2. The zero-order chi connectivity index (χ0) is 18.7. The highest BCUT2D eigenvalue weighted by molar-refractivity contribution is 5.94. The van der Waals surface area contributed by atoms with Crippen molar-refractivity contribution >= 4 is 22.5 Å². The summed E-state index contributed by atoms with van der Waals surface area (Å²) in [6.45, 7) is 0. The van der Waals surface area contributed by atoms with Gasteiger partial charge in [0.15, 0.2) is 0 Å². The van der Waals surface area contributed by atoms with Crippen molar-refractivity contribution < 1.29 is 22.7 Å². The molecule has 0 radical (unpaired) electrons. The van der Waals surface area contributed by atoms with Gasteiger partial charge in [-0.25, -0.2) is 0 Å². The van der Waals surface area contributed by atoms with Crippen LogP contribution in [0.4, 0.5) is 18.9 Å². The monoisotopic (exact) mass is 362 g/mol. The highest BCUT2D eigenvalue weighted by atomic mass is 19.4. The number of amides is 1. The second-order valence-electron chi connectivity index (χ2n) is 5.88. The van der Waals surface area contributed by atoms with E-state index in [-0.39, 0.29) is 12.3 Å². The summed E-state index contributed by atoms with van der Waals surface area (Å²) in [5.74, 6) is 0.514. The lowest BCUT2D eigenvalue weighted by molar-refractivity contribution is -0.140. The van der Waals surface area contributed by atoms with Gasteiger partial charge in [-0.2, -0.15) is 13.2 Å². The normalized spacial score (nSPS) is 11.5. The predicted molar refractivity (Wildman–Crippen MR) is 93.2 cm³/mol. The Kier molecular flexibility index (Phi) is 4.88. The van der Waals surface area contributed by atoms with Gasteiger partial charge in [0.1, 0.15) is 11.4 Å². The minimum absolute atomic E-state index is 0.209. The summed E-state index contributed by atoms with van der Waals surface area (Å²) < 4.78 is 43.4. The van der Waals surface area contributed by atoms with Crippen molar-refractivity contribution in [3.05, 3.63) is 59.8 Å². The van der Waals surface area contributed by atoms with Crippen LogP contribution >= 0.6 is 0 Å². The minimum Gasteiger partial charge on any atom is -0.497 e. The number of aromatic nitrogens is 1. The molecule has 0 spiro atoms. The number of rotatable bonds is 5. The van der Waals surface area contributed by atoms with Crippen LogP contribution < -0.4 is 10.1 Å². The quantitative estimate of drug-likeness (QED) is 0.687. The van der Waals surface area contributed by atoms with Crippen LogP contribution in [0.25, 0.3) is 10.9 Å². The second-order valence-corrected chi connectivity index (χ2v) is 5.88. The Balaban J connectivity index is 1.65. The predicted octanol–water partition coefficient (Wildman–Crippen LogP) is 4.77. The summed E-state index contributed by atoms with van der Waals surface area (Å²) >= 11 is 0. The van der Waals surface area contributed by atoms with Gasteiger partial charge < -0.3 is 15.0 Å². The van der Waals surface area contributed by atoms with E-state index in [1.807, 2.05) is 24.3 Å². The van der Waals surface area contributed by atoms with Crippen molar-refractivity contribution in [3.63, 3.8) is 0 Å². The molecule has 26 heavy (non-hydrogen) atoms. The van der Waals surface area contributed by atoms with Gasteiger partial charge in [0.2, 0.25) is 5.91 Å². The molecule has 0 aliphatic heterocycles. The molecule has 2 N–H and O–H groups in total. The number of ether oxygens (including phenoxy) is 1. The van der Waals surface area contributed by atoms with Crippen LogP contribution in [0.5, 0.6) is 5.75 Å². The van der Waals surface area contributed by atoms with E-state index in [4.69, 9.17) is 4.74 Å². The molecular weight excluding hydrogens is 345 g/mol. The number of aryl methyl sites for hydroxylation is 1. The number of halogens is 3. The molecule has 3 rings (SSSR count). The van der Waals surface area contributed by atoms with Crippen molar-refractivity contribution in [2.24, 2.45) is 0 Å². The summed E-state index contributed by atoms with van der Waals surface area (Å²) in [6.07, 6.45) is -3.64. The summed E-state index contributed by atoms with van der Waals surface area (Å²) in [5.41, 5.74) is 0.983. The van der Waals surface area contributed by atoms with Crippen LogP contribution in [0.15, 0.2) is 48.5 Å². The number of hydrogen-bond acceptors (Lipinski definition) is 2. The number of carbonyl (C=O) groups is 1. The molecule has 136 valence electrons. The van der Waals surface area contributed by atoms with Crippen molar-refractivity contribution in [1.29, 1.82) is 0 Å². The first-order valence-electron chi connectivity index (χ1n) is 7.98. The smallest absolute Gasteiger partial charge is 0.431 e. The lowest BCUT2D eigenvalue weighted by Crippen LogP contribution is -2.12. The van der Waals surface area contributed by atoms with E-state index in [1.54, 1.807) is 13.2 Å². The third-order valence-corrected chi connectivity index (χ3v) is 3.98. The largest absolute Gasteiger partial charge is 0.497 e. The van der Waals surface area contributed by atoms with E-state index in [9.17, 15) is 18.0 Å². The number of anilines is 1. The molecular formula is C19H17F3N2O2. The van der Waals surface area contributed by atoms with E-state index in [1.165, 1.54) is 12.1 Å². The van der Waals surface area contributed by atoms with Gasteiger partial charge in [-0.3, -0.25) is 4.79 Å². The molecule has 0 unspecified atom stereocenters. The molecule has 0 atom stereocenters. The highest BCUT2D eigenvalue weighted by Crippen LogP contribution is 2.31. The van der Waals surface area contributed by atoms with Gasteiger partial charge in [0.05, 0.1) is 7.11 Å². The number of H-pyrrole nitrogens is 1. The van der Waals surface area contributed by atoms with Gasteiger partial charge in [-0.1, -0.05) is 12.1 Å². The molecule has 1 heterocycles. The standard InChI is InChI=1S/C19H17F3N2O2/c1-26-15-4-2-3-12(9-15)5-8-18(25)23-14-6-7-16-13(10-14)11-17(24-16)19(20,21)22/h2-4,6-7,9-11,24H,5,8H2,1H3,(H,23,25). The zero-order valence-corrected chi connectivity index (χ0v) is 14.0. The second kappa shape index (κ2) is 7.11. The van der Waals surface area contributed by atoms with Gasteiger partial charge in [-0.15, -0.1) is 0 Å². The Hall–Kier alpha value is -2.96. The van der Waals surface area contributed by atoms with Gasteiger partial charge in [0, 0.05) is 23.0 Å². The molecule has 2 aromatic carbocycles. The van der Waals surface area contributed by atoms with Crippen LogP contribution in [0.2, 0.25) is 0 Å². The fraction of sp³-hybridized carbons (Fsp3) is 0.211. The Morgan fingerprint density at radius 1 is 1.15 bits per heavy atom. The first-order chi connectivity index (χ1) is 12.3. The maximum Gasteiger partial charge on any atom is 0.431 e. The molecule has 1 amide bonds. The van der Waals surface area contributed by atoms with Crippen LogP contribution in [0, 0.1) is 0 Å². The summed E-state index contributed by atoms with van der Waals surface area (Å²) in [5, 5.41) is 3.11. The number of fused-ring (bicyclic) bond motifs is 1. The third kappa shape index (κ3) is 4.17. The van der Waals surface area contributed by atoms with E-state index in [0.29, 0.717) is 23.0 Å². The van der Waals surface area contributed by atoms with E-state index in [2.05, 4.69) is 10.3 Å². The van der Waals surface area contributed by atoms with Gasteiger partial charge in [-0.05, 0) is 48.4 Å². The molecule has 0 aliphatic carbocycles. The topological polar surface area (TPSA) is 54.1 Å². The number of aromatic amines is 1. The fourth-order valence-corrected chi connectivity index (χ4v) is 2.67. The number of carbonyl (C=O) groups excluding carboxylic acids is 1. The van der Waals surface area contributed by atoms with E-state index >= 15 is 0 Å². The third-order valence-electron chi connectivity index (χ3n) is 3.98. The maximum absolute atomic E-state index is 12.7. The molecule has 0 fully saturated rings. The molecule has 0 saturated heterocycles. The SMILES string of the molecule is COc1cccc(CCC(=O)Nc2ccc3[nH]c(C(F)(F)F)cc3c2)c1. The van der Waals surface area contributed by atoms with Crippen molar-refractivity contribution in [2.45, 2.75) is 19.0 Å². The zero-order valence-electron chi connectivity index (χ0n) is 14.0. The lowest BCUT2D eigenvalue weighted by atomic mass is 10.1. The highest BCUT2D eigenvalue weighted by Gasteiger charge is 2.32. The molecule has 7 heteroatoms. The number of alkyl halides is 3. The minimum atomic E-state index is -4.43. The Bertz CT molecular complexity index is 932. The average Bonchev–Trinajstić information content (AvgIpc) is 3.04. The molecule has 4 nitrogen and oxygen atoms in total. The Morgan fingerprint density at radius 2 is 1.96 bits per heavy atom. The van der Waals surface area contributed by atoms with Gasteiger partial charge >= 0.3 is 6.18 Å². The van der Waals surface area contributed by atoms with Gasteiger partial charge in [0.25, 0.3) is 0 Å². The first-order valence-corrected chi connectivity index (χ1v) is 7.98. The van der Waals surface area contributed by atoms with Crippen molar-refractivity contribution in [2.75, 3.05) is 12.4 Å². The summed E-state index contributed by atoms with van der Waals surface area (Å²) in [4.78, 5) is 14.4. The number of methoxy groups -OCH3 is 1. The number of benzene rings is 2. The lowest BCUT2D eigenvalue weighted by Gasteiger charge is -2.07. The fourth-order valence-electron chi connectivity index (χ4n) is 2.67. The first kappa shape index (κ1) is 17.8. The Labute approximate surface area is 148 Å². The maximum atomic E-state index is 12.7. The van der Waals surface area contributed by atoms with Crippen LogP contribution in [0.1, 0.15) is 17.7 Å². The summed E-state index contributed by atoms with van der Waals surface area (Å²) in [6, 6.07) is 13.1. The van der Waals surface area contributed by atoms with E-state index in [0.717, 1.165) is 17.4 Å².